The predicted octanol–water partition coefficient (Wildman–Crippen LogP) is 1.01. The van der Waals surface area contributed by atoms with Crippen LogP contribution >= 0.6 is 0 Å². The smallest absolute Gasteiger partial charge is 0.324 e. The number of ether oxygens (including phenoxy) is 1. The second-order valence-electron chi connectivity index (χ2n) is 4.11. The highest BCUT2D eigenvalue weighted by molar-refractivity contribution is 7.89. The third-order valence-corrected chi connectivity index (χ3v) is 4.95. The first kappa shape index (κ1) is 13.0. The van der Waals surface area contributed by atoms with E-state index in [0.29, 0.717) is 19.4 Å². The van der Waals surface area contributed by atoms with E-state index in [9.17, 15) is 13.2 Å². The summed E-state index contributed by atoms with van der Waals surface area (Å²) in [5.41, 5.74) is 0. The van der Waals surface area contributed by atoms with Gasteiger partial charge in [-0.2, -0.15) is 4.31 Å². The molecule has 0 spiro atoms. The van der Waals surface area contributed by atoms with Gasteiger partial charge in [-0.15, -0.1) is 0 Å². The number of methoxy groups -OCH3 is 1. The summed E-state index contributed by atoms with van der Waals surface area (Å²) in [5, 5.41) is 0. The Labute approximate surface area is 106 Å². The second kappa shape index (κ2) is 5.07. The molecule has 5 nitrogen and oxygen atoms in total. The van der Waals surface area contributed by atoms with Gasteiger partial charge in [-0.25, -0.2) is 8.42 Å². The van der Waals surface area contributed by atoms with E-state index in [4.69, 9.17) is 0 Å². The van der Waals surface area contributed by atoms with E-state index < -0.39 is 22.0 Å². The number of sulfonamides is 1. The van der Waals surface area contributed by atoms with Crippen LogP contribution in [-0.2, 0) is 19.6 Å². The number of hydrogen-bond acceptors (Lipinski definition) is 4. The maximum Gasteiger partial charge on any atom is 0.324 e. The number of carbonyl (C=O) groups is 1. The number of benzene rings is 1. The van der Waals surface area contributed by atoms with Crippen LogP contribution in [0.25, 0.3) is 0 Å². The van der Waals surface area contributed by atoms with Crippen molar-refractivity contribution < 1.29 is 17.9 Å². The summed E-state index contributed by atoms with van der Waals surface area (Å²) in [7, 11) is -2.34. The zero-order chi connectivity index (χ0) is 13.2. The molecule has 0 radical (unpaired) electrons. The molecule has 1 aliphatic heterocycles. The van der Waals surface area contributed by atoms with Crippen LogP contribution in [-0.4, -0.2) is 38.4 Å². The Morgan fingerprint density at radius 3 is 2.61 bits per heavy atom. The van der Waals surface area contributed by atoms with Crippen molar-refractivity contribution in [3.05, 3.63) is 30.3 Å². The third kappa shape index (κ3) is 2.26. The van der Waals surface area contributed by atoms with Crippen molar-refractivity contribution in [3.8, 4) is 0 Å². The fourth-order valence-electron chi connectivity index (χ4n) is 2.13. The monoisotopic (exact) mass is 269 g/mol. The Bertz CT molecular complexity index is 526. The average Bonchev–Trinajstić information content (AvgIpc) is 2.89. The number of rotatable bonds is 3. The van der Waals surface area contributed by atoms with Crippen LogP contribution in [0.15, 0.2) is 35.2 Å². The lowest BCUT2D eigenvalue weighted by atomic mass is 10.2. The molecule has 0 aliphatic carbocycles. The Balaban J connectivity index is 2.33. The maximum atomic E-state index is 12.4. The van der Waals surface area contributed by atoms with Crippen LogP contribution in [0.5, 0.6) is 0 Å². The molecule has 0 bridgehead atoms. The SMILES string of the molecule is COC(=O)C1CCCN1S(=O)(=O)c1ccccc1. The van der Waals surface area contributed by atoms with E-state index in [1.54, 1.807) is 18.2 Å². The Morgan fingerprint density at radius 2 is 2.00 bits per heavy atom. The fourth-order valence-corrected chi connectivity index (χ4v) is 3.80. The summed E-state index contributed by atoms with van der Waals surface area (Å²) in [6.45, 7) is 0.358. The first-order chi connectivity index (χ1) is 8.57. The fraction of sp³-hybridized carbons (Fsp3) is 0.417. The van der Waals surface area contributed by atoms with Crippen molar-refractivity contribution in [1.82, 2.24) is 4.31 Å². The molecule has 1 fully saturated rings. The maximum absolute atomic E-state index is 12.4. The molecule has 18 heavy (non-hydrogen) atoms. The Morgan fingerprint density at radius 1 is 1.33 bits per heavy atom. The second-order valence-corrected chi connectivity index (χ2v) is 6.00. The average molecular weight is 269 g/mol. The lowest BCUT2D eigenvalue weighted by Gasteiger charge is -2.21. The summed E-state index contributed by atoms with van der Waals surface area (Å²) in [5.74, 6) is -0.494. The van der Waals surface area contributed by atoms with E-state index >= 15 is 0 Å². The van der Waals surface area contributed by atoms with E-state index in [1.165, 1.54) is 23.5 Å². The van der Waals surface area contributed by atoms with E-state index in [2.05, 4.69) is 4.74 Å². The van der Waals surface area contributed by atoms with Crippen LogP contribution in [0.2, 0.25) is 0 Å². The van der Waals surface area contributed by atoms with E-state index in [1.807, 2.05) is 0 Å². The summed E-state index contributed by atoms with van der Waals surface area (Å²) >= 11 is 0. The number of hydrogen-bond donors (Lipinski definition) is 0. The van der Waals surface area contributed by atoms with Gasteiger partial charge in [0.1, 0.15) is 6.04 Å². The van der Waals surface area contributed by atoms with Gasteiger partial charge in [-0.05, 0) is 25.0 Å². The molecule has 1 unspecified atom stereocenters. The van der Waals surface area contributed by atoms with Gasteiger partial charge in [-0.3, -0.25) is 4.79 Å². The third-order valence-electron chi connectivity index (χ3n) is 3.03. The number of carbonyl (C=O) groups excluding carboxylic acids is 1. The van der Waals surface area contributed by atoms with Crippen molar-refractivity contribution in [2.75, 3.05) is 13.7 Å². The molecule has 0 saturated carbocycles. The van der Waals surface area contributed by atoms with Crippen LogP contribution in [0.3, 0.4) is 0 Å². The first-order valence-corrected chi connectivity index (χ1v) is 7.16. The lowest BCUT2D eigenvalue weighted by Crippen LogP contribution is -2.40. The largest absolute Gasteiger partial charge is 0.468 e. The normalized spacial score (nSPS) is 20.8. The van der Waals surface area contributed by atoms with Gasteiger partial charge >= 0.3 is 5.97 Å². The molecule has 1 aliphatic rings. The molecule has 1 saturated heterocycles. The first-order valence-electron chi connectivity index (χ1n) is 5.72. The number of nitrogens with zero attached hydrogens (tertiary/aromatic N) is 1. The number of esters is 1. The molecule has 2 rings (SSSR count). The van der Waals surface area contributed by atoms with Crippen molar-refractivity contribution in [3.63, 3.8) is 0 Å². The van der Waals surface area contributed by atoms with Gasteiger partial charge < -0.3 is 4.74 Å². The van der Waals surface area contributed by atoms with Crippen molar-refractivity contribution in [1.29, 1.82) is 0 Å². The Kier molecular flexibility index (Phi) is 3.68. The molecule has 98 valence electrons. The van der Waals surface area contributed by atoms with Crippen LogP contribution in [0, 0.1) is 0 Å². The summed E-state index contributed by atoms with van der Waals surface area (Å²) in [6, 6.07) is 7.44. The minimum atomic E-state index is -3.61. The minimum absolute atomic E-state index is 0.209. The van der Waals surface area contributed by atoms with Crippen molar-refractivity contribution in [2.45, 2.75) is 23.8 Å². The highest BCUT2D eigenvalue weighted by atomic mass is 32.2. The summed E-state index contributed by atoms with van der Waals surface area (Å²) in [6.07, 6.45) is 1.19. The van der Waals surface area contributed by atoms with Gasteiger partial charge in [0, 0.05) is 6.54 Å². The topological polar surface area (TPSA) is 63.7 Å². The quantitative estimate of drug-likeness (QED) is 0.768. The summed E-state index contributed by atoms with van der Waals surface area (Å²) in [4.78, 5) is 11.8. The minimum Gasteiger partial charge on any atom is -0.468 e. The molecule has 1 heterocycles. The molecule has 1 aromatic carbocycles. The molecular weight excluding hydrogens is 254 g/mol. The lowest BCUT2D eigenvalue weighted by molar-refractivity contribution is -0.144. The molecule has 6 heteroatoms. The highest BCUT2D eigenvalue weighted by Crippen LogP contribution is 2.26. The van der Waals surface area contributed by atoms with Gasteiger partial charge in [0.05, 0.1) is 12.0 Å². The Hall–Kier alpha value is -1.40. The zero-order valence-electron chi connectivity index (χ0n) is 10.1. The van der Waals surface area contributed by atoms with E-state index in [-0.39, 0.29) is 4.90 Å². The molecule has 1 aromatic rings. The van der Waals surface area contributed by atoms with Crippen molar-refractivity contribution in [2.24, 2.45) is 0 Å². The van der Waals surface area contributed by atoms with Gasteiger partial charge in [0.15, 0.2) is 0 Å². The molecule has 0 amide bonds. The molecule has 1 atom stereocenters. The molecule has 0 aromatic heterocycles. The van der Waals surface area contributed by atoms with Gasteiger partial charge in [0.25, 0.3) is 0 Å². The standard InChI is InChI=1S/C12H15NO4S/c1-17-12(14)11-8-5-9-13(11)18(15,16)10-6-3-2-4-7-10/h2-4,6-7,11H,5,8-9H2,1H3. The van der Waals surface area contributed by atoms with E-state index in [0.717, 1.165) is 0 Å². The predicted molar refractivity (Wildman–Crippen MR) is 65.4 cm³/mol. The summed E-state index contributed by atoms with van der Waals surface area (Å²) < 4.78 is 30.6. The van der Waals surface area contributed by atoms with Crippen molar-refractivity contribution >= 4 is 16.0 Å². The zero-order valence-corrected chi connectivity index (χ0v) is 10.9. The molecular formula is C12H15NO4S. The molecule has 0 N–H and O–H groups in total. The van der Waals surface area contributed by atoms with Gasteiger partial charge in [0.2, 0.25) is 10.0 Å². The van der Waals surface area contributed by atoms with Crippen LogP contribution < -0.4 is 0 Å². The highest BCUT2D eigenvalue weighted by Gasteiger charge is 2.39. The van der Waals surface area contributed by atoms with Crippen LogP contribution in [0.4, 0.5) is 0 Å². The van der Waals surface area contributed by atoms with Crippen LogP contribution in [0.1, 0.15) is 12.8 Å². The van der Waals surface area contributed by atoms with Gasteiger partial charge in [-0.1, -0.05) is 18.2 Å².